The van der Waals surface area contributed by atoms with Crippen LogP contribution in [0, 0.1) is 35.5 Å². The van der Waals surface area contributed by atoms with Gasteiger partial charge in [-0.25, -0.2) is 18.2 Å². The Labute approximate surface area is 325 Å². The van der Waals surface area contributed by atoms with Crippen LogP contribution >= 0.6 is 17.2 Å². The van der Waals surface area contributed by atoms with Gasteiger partial charge < -0.3 is 21.3 Å². The van der Waals surface area contributed by atoms with Gasteiger partial charge >= 0.3 is 17.1 Å². The van der Waals surface area contributed by atoms with E-state index in [4.69, 9.17) is 0 Å². The average Bonchev–Trinajstić information content (AvgIpc) is 3.81. The van der Waals surface area contributed by atoms with Crippen LogP contribution in [0.2, 0.25) is 19.6 Å². The Morgan fingerprint density at radius 2 is 1.10 bits per heavy atom. The maximum absolute atomic E-state index is 4.01. The van der Waals surface area contributed by atoms with Crippen LogP contribution in [0.3, 0.4) is 0 Å². The van der Waals surface area contributed by atoms with E-state index in [1.54, 1.807) is 93.4 Å². The first-order valence-electron chi connectivity index (χ1n) is 21.1. The first kappa shape index (κ1) is 38.0. The molecule has 0 radical (unpaired) electrons. The van der Waals surface area contributed by atoms with Gasteiger partial charge in [-0.3, -0.25) is 0 Å². The van der Waals surface area contributed by atoms with E-state index >= 15 is 0 Å². The van der Waals surface area contributed by atoms with Gasteiger partial charge in [0, 0.05) is 5.16 Å². The predicted molar refractivity (Wildman–Crippen MR) is 220 cm³/mol. The smallest absolute Gasteiger partial charge is 0.301 e. The van der Waals surface area contributed by atoms with Crippen molar-refractivity contribution < 1.29 is 17.1 Å². The summed E-state index contributed by atoms with van der Waals surface area (Å²) in [5, 5.41) is 19.0. The predicted octanol–water partition coefficient (Wildman–Crippen LogP) is 8.16. The molecule has 10 fully saturated rings. The Hall–Kier alpha value is 0.136. The standard InChI is InChI=1S/C38H63N4P2Si.C5H5.Fe/c1-45(2,3)32-16-31(33(17-32)38(43,34-39-6-4-7-40-34)35-41-8-5-9-42-35)24-44(36-18-25-10-26(19-36)12-27(11-25)20-36)37-21-28-13-29(22-37)15-30(14-28)23-37;1-2-4-5-3-1;/h16-17,25-30,34-35,39-42H,4-15,18-24,43H2,1-3H3;1-5H;/q2*-1;+2. The molecule has 2 aromatic carbocycles. The van der Waals surface area contributed by atoms with Crippen LogP contribution in [0.25, 0.3) is 0 Å². The van der Waals surface area contributed by atoms with Crippen molar-refractivity contribution in [1.82, 2.24) is 21.3 Å². The van der Waals surface area contributed by atoms with Gasteiger partial charge in [-0.1, -0.05) is 25.8 Å². The zero-order valence-corrected chi connectivity index (χ0v) is 36.1. The molecule has 10 aliphatic rings. The van der Waals surface area contributed by atoms with Gasteiger partial charge in [0.1, 0.15) is 0 Å². The minimum Gasteiger partial charge on any atom is -0.301 e. The summed E-state index contributed by atoms with van der Waals surface area (Å²) in [5.74, 6) is 6.33. The molecule has 51 heavy (non-hydrogen) atoms. The van der Waals surface area contributed by atoms with E-state index in [0.717, 1.165) is 61.7 Å². The largest absolute Gasteiger partial charge is 2.00 e. The Balaban J connectivity index is 0.000000576. The molecule has 1 atom stereocenters. The van der Waals surface area contributed by atoms with Gasteiger partial charge in [-0.05, 0) is 162 Å². The summed E-state index contributed by atoms with van der Waals surface area (Å²) < 4.78 is 0. The fourth-order valence-electron chi connectivity index (χ4n) is 14.1. The summed E-state index contributed by atoms with van der Waals surface area (Å²) in [7, 11) is 1.94. The summed E-state index contributed by atoms with van der Waals surface area (Å²) in [6.45, 7) is 12.2. The van der Waals surface area contributed by atoms with Crippen LogP contribution in [0.4, 0.5) is 0 Å². The van der Waals surface area contributed by atoms with E-state index in [1.165, 1.54) is 19.0 Å². The minimum absolute atomic E-state index is 0. The third-order valence-corrected chi connectivity index (χ3v) is 22.4. The van der Waals surface area contributed by atoms with Crippen LogP contribution < -0.4 is 26.5 Å². The van der Waals surface area contributed by atoms with Crippen molar-refractivity contribution >= 4 is 30.4 Å². The first-order chi connectivity index (χ1) is 24.1. The topological polar surface area (TPSA) is 48.1 Å². The number of hydrogen-bond donors (Lipinski definition) is 4. The Bertz CT molecular complexity index is 1300. The van der Waals surface area contributed by atoms with Crippen LogP contribution in [0.15, 0.2) is 42.5 Å². The van der Waals surface area contributed by atoms with Gasteiger partial charge in [-0.15, -0.1) is 22.7 Å². The molecule has 2 aromatic rings. The third kappa shape index (κ3) is 7.19. The molecule has 8 heteroatoms. The summed E-state index contributed by atoms with van der Waals surface area (Å²) in [4.78, 5) is 0. The van der Waals surface area contributed by atoms with Crippen molar-refractivity contribution in [1.29, 1.82) is 0 Å². The van der Waals surface area contributed by atoms with Crippen LogP contribution in [0.1, 0.15) is 101 Å². The molecule has 1 unspecified atom stereocenters. The van der Waals surface area contributed by atoms with E-state index in [-0.39, 0.29) is 42.5 Å². The monoisotopic (exact) mass is 786 g/mol. The summed E-state index contributed by atoms with van der Waals surface area (Å²) in [6.07, 6.45) is 23.5. The second-order valence-electron chi connectivity index (χ2n) is 20.1. The first-order valence-corrected chi connectivity index (χ1v) is 26.7. The molecule has 4 nitrogen and oxygen atoms in total. The van der Waals surface area contributed by atoms with Crippen molar-refractivity contribution in [2.24, 2.45) is 35.5 Å². The molecule has 12 rings (SSSR count). The fraction of sp³-hybridized carbons (Fsp3) is 0.767. The molecular weight excluding hydrogens is 718 g/mol. The second-order valence-corrected chi connectivity index (χ2v) is 29.2. The van der Waals surface area contributed by atoms with Crippen molar-refractivity contribution in [3.63, 3.8) is 0 Å². The van der Waals surface area contributed by atoms with E-state index in [2.05, 4.69) is 62.3 Å². The molecule has 2 saturated heterocycles. The molecule has 2 aliphatic heterocycles. The van der Waals surface area contributed by atoms with Gasteiger partial charge in [0.05, 0.1) is 20.4 Å². The van der Waals surface area contributed by atoms with E-state index < -0.39 is 8.07 Å². The van der Waals surface area contributed by atoms with Crippen LogP contribution in [0.5, 0.6) is 0 Å². The quantitative estimate of drug-likeness (QED) is 0.124. The Morgan fingerprint density at radius 3 is 1.43 bits per heavy atom. The molecule has 8 bridgehead atoms. The number of rotatable bonds is 8. The van der Waals surface area contributed by atoms with E-state index in [1.807, 2.05) is 30.3 Å². The SMILES string of the molecule is C[Si](C)(C)c1cc(CP(C23CC4CC(CC(C4)C2)C3)C23CC4CC(CC(C4)C2)C3)c(C(P)(C2NCCCN2)C2NCCCN2)[cH-]1.[Fe+2].c1cc[cH-]c1. The van der Waals surface area contributed by atoms with Gasteiger partial charge in [-0.2, -0.15) is 35.0 Å². The van der Waals surface area contributed by atoms with Crippen LogP contribution in [-0.2, 0) is 28.4 Å². The summed E-state index contributed by atoms with van der Waals surface area (Å²) >= 11 is 0. The number of hydrogen-bond acceptors (Lipinski definition) is 4. The maximum atomic E-state index is 4.01. The zero-order valence-electron chi connectivity index (χ0n) is 32.0. The van der Waals surface area contributed by atoms with Crippen molar-refractivity contribution in [2.45, 2.75) is 143 Å². The minimum atomic E-state index is -1.50. The van der Waals surface area contributed by atoms with E-state index in [0.29, 0.717) is 10.3 Å². The second kappa shape index (κ2) is 14.9. The molecule has 8 saturated carbocycles. The average molecular weight is 787 g/mol. The number of nitrogens with one attached hydrogen (secondary N) is 4. The van der Waals surface area contributed by atoms with Crippen molar-refractivity contribution in [3.8, 4) is 0 Å². The van der Waals surface area contributed by atoms with Gasteiger partial charge in [0.25, 0.3) is 0 Å². The van der Waals surface area contributed by atoms with Crippen molar-refractivity contribution in [2.75, 3.05) is 26.2 Å². The molecule has 8 aliphatic carbocycles. The van der Waals surface area contributed by atoms with Gasteiger partial charge in [0.2, 0.25) is 0 Å². The molecular formula is C43H68FeN4P2Si. The summed E-state index contributed by atoms with van der Waals surface area (Å²) in [6, 6.07) is 15.6. The molecule has 0 amide bonds. The summed E-state index contributed by atoms with van der Waals surface area (Å²) in [5.41, 5.74) is 3.45. The molecule has 0 spiro atoms. The zero-order chi connectivity index (χ0) is 34.1. The fourth-order valence-corrected chi connectivity index (χ4v) is 21.2. The normalized spacial score (nSPS) is 38.3. The van der Waals surface area contributed by atoms with E-state index in [9.17, 15) is 0 Å². The molecule has 0 aromatic heterocycles. The van der Waals surface area contributed by atoms with Gasteiger partial charge in [0.15, 0.2) is 0 Å². The Kier molecular flexibility index (Phi) is 11.1. The third-order valence-electron chi connectivity index (χ3n) is 15.4. The molecule has 4 N–H and O–H groups in total. The molecule has 2 heterocycles. The molecule has 282 valence electrons. The van der Waals surface area contributed by atoms with Crippen molar-refractivity contribution in [3.05, 3.63) is 53.6 Å². The Morgan fingerprint density at radius 1 is 0.706 bits per heavy atom. The maximum Gasteiger partial charge on any atom is 2.00 e. The van der Waals surface area contributed by atoms with Crippen LogP contribution in [-0.4, -0.2) is 56.9 Å².